The number of hydrogen-bond acceptors (Lipinski definition) is 4. The number of nitrogens with one attached hydrogen (secondary N) is 1. The van der Waals surface area contributed by atoms with E-state index in [1.807, 2.05) is 32.0 Å². The number of nitrogens with zero attached hydrogens (tertiary/aromatic N) is 1. The van der Waals surface area contributed by atoms with Gasteiger partial charge in [0.25, 0.3) is 0 Å². The molecule has 0 aliphatic heterocycles. The van der Waals surface area contributed by atoms with E-state index in [0.29, 0.717) is 17.7 Å². The molecule has 28 heavy (non-hydrogen) atoms. The van der Waals surface area contributed by atoms with Crippen molar-refractivity contribution in [3.8, 4) is 0 Å². The predicted octanol–water partition coefficient (Wildman–Crippen LogP) is 4.12. The zero-order valence-corrected chi connectivity index (χ0v) is 18.2. The Morgan fingerprint density at radius 1 is 1.14 bits per heavy atom. The van der Waals surface area contributed by atoms with E-state index in [-0.39, 0.29) is 21.2 Å². The Morgan fingerprint density at radius 3 is 2.46 bits per heavy atom. The van der Waals surface area contributed by atoms with Gasteiger partial charge in [-0.1, -0.05) is 55.5 Å². The normalized spacial score (nSPS) is 13.7. The highest BCUT2D eigenvalue weighted by atomic mass is 32.2. The Hall–Kier alpha value is -1.96. The zero-order valence-electron chi connectivity index (χ0n) is 16.6. The topological polar surface area (TPSA) is 68.2 Å². The Balaban J connectivity index is 1.81. The molecular weight excluding hydrogens is 392 g/mol. The monoisotopic (exact) mass is 418 g/mol. The van der Waals surface area contributed by atoms with Crippen LogP contribution in [0.5, 0.6) is 0 Å². The molecule has 0 amide bonds. The molecule has 1 aromatic heterocycles. The maximum absolute atomic E-state index is 12.9. The smallest absolute Gasteiger partial charge is 0.299 e. The van der Waals surface area contributed by atoms with Crippen LogP contribution in [0.3, 0.4) is 0 Å². The summed E-state index contributed by atoms with van der Waals surface area (Å²) in [4.78, 5) is 12.1. The first-order chi connectivity index (χ1) is 13.1. The number of aromatic nitrogens is 1. The molecule has 0 fully saturated rings. The van der Waals surface area contributed by atoms with Crippen LogP contribution >= 0.6 is 11.3 Å². The van der Waals surface area contributed by atoms with Crippen molar-refractivity contribution in [1.82, 2.24) is 9.29 Å². The van der Waals surface area contributed by atoms with Crippen molar-refractivity contribution in [3.63, 3.8) is 0 Å². The van der Waals surface area contributed by atoms with E-state index in [1.165, 1.54) is 5.56 Å². The third-order valence-corrected chi connectivity index (χ3v) is 7.52. The van der Waals surface area contributed by atoms with E-state index in [0.717, 1.165) is 16.9 Å². The highest BCUT2D eigenvalue weighted by molar-refractivity contribution is 7.89. The zero-order chi connectivity index (χ0) is 20.5. The van der Waals surface area contributed by atoms with Gasteiger partial charge in [-0.25, -0.2) is 13.1 Å². The van der Waals surface area contributed by atoms with Crippen LogP contribution in [0.1, 0.15) is 39.7 Å². The maximum Gasteiger partial charge on any atom is 0.308 e. The van der Waals surface area contributed by atoms with E-state index in [1.54, 1.807) is 22.8 Å². The number of fused-ring (bicyclic) bond motifs is 1. The van der Waals surface area contributed by atoms with Crippen molar-refractivity contribution < 1.29 is 8.42 Å². The van der Waals surface area contributed by atoms with Crippen molar-refractivity contribution in [2.75, 3.05) is 0 Å². The van der Waals surface area contributed by atoms with Gasteiger partial charge in [0.05, 0.1) is 15.1 Å². The lowest BCUT2D eigenvalue weighted by Crippen LogP contribution is -2.37. The van der Waals surface area contributed by atoms with Crippen LogP contribution in [0, 0.1) is 0 Å². The Morgan fingerprint density at radius 2 is 1.82 bits per heavy atom. The van der Waals surface area contributed by atoms with Gasteiger partial charge in [-0.3, -0.25) is 9.36 Å². The molecule has 7 heteroatoms. The van der Waals surface area contributed by atoms with Gasteiger partial charge in [0, 0.05) is 12.6 Å². The first kappa shape index (κ1) is 20.8. The summed E-state index contributed by atoms with van der Waals surface area (Å²) in [7, 11) is -3.67. The van der Waals surface area contributed by atoms with Crippen LogP contribution < -0.4 is 9.60 Å². The fourth-order valence-electron chi connectivity index (χ4n) is 3.66. The molecule has 0 unspecified atom stereocenters. The summed E-state index contributed by atoms with van der Waals surface area (Å²) in [6.07, 6.45) is 0.665. The van der Waals surface area contributed by atoms with Gasteiger partial charge in [0.2, 0.25) is 10.0 Å². The summed E-state index contributed by atoms with van der Waals surface area (Å²) in [5.74, 6) is 0. The summed E-state index contributed by atoms with van der Waals surface area (Å²) < 4.78 is 30.9. The second kappa shape index (κ2) is 7.81. The Labute approximate surface area is 170 Å². The molecule has 0 radical (unpaired) electrons. The average molecular weight is 419 g/mol. The highest BCUT2D eigenvalue weighted by Gasteiger charge is 2.26. The van der Waals surface area contributed by atoms with Crippen molar-refractivity contribution in [3.05, 3.63) is 63.8 Å². The van der Waals surface area contributed by atoms with E-state index < -0.39 is 10.0 Å². The number of benzene rings is 2. The molecule has 1 N–H and O–H groups in total. The maximum atomic E-state index is 12.9. The van der Waals surface area contributed by atoms with Crippen LogP contribution in [-0.2, 0) is 22.0 Å². The van der Waals surface area contributed by atoms with Gasteiger partial charge in [-0.2, -0.15) is 0 Å². The second-order valence-corrected chi connectivity index (χ2v) is 10.4. The van der Waals surface area contributed by atoms with E-state index in [2.05, 4.69) is 30.7 Å². The van der Waals surface area contributed by atoms with Crippen LogP contribution in [0.25, 0.3) is 10.2 Å². The number of aryl methyl sites for hydroxylation is 1. The van der Waals surface area contributed by atoms with Crippen molar-refractivity contribution in [2.45, 2.75) is 57.0 Å². The standard InChI is InChI=1S/C21H26N2O3S2/c1-5-23-18-12-11-17(13-19(18)27-20(23)24)28(25,26)22-15(2)14-21(3,4)16-9-7-6-8-10-16/h6-13,15,22H,5,14H2,1-4H3/t15-/m1/s1. The quantitative estimate of drug-likeness (QED) is 0.628. The van der Waals surface area contributed by atoms with E-state index in [9.17, 15) is 13.2 Å². The molecule has 0 aliphatic carbocycles. The van der Waals surface area contributed by atoms with Gasteiger partial charge in [0.15, 0.2) is 0 Å². The van der Waals surface area contributed by atoms with Gasteiger partial charge in [-0.05, 0) is 49.4 Å². The van der Waals surface area contributed by atoms with Gasteiger partial charge in [-0.15, -0.1) is 0 Å². The molecule has 3 aromatic rings. The molecule has 0 saturated heterocycles. The minimum atomic E-state index is -3.67. The minimum absolute atomic E-state index is 0.0713. The molecule has 150 valence electrons. The van der Waals surface area contributed by atoms with Gasteiger partial charge in [0.1, 0.15) is 0 Å². The predicted molar refractivity (Wildman–Crippen MR) is 116 cm³/mol. The fraction of sp³-hybridized carbons (Fsp3) is 0.381. The van der Waals surface area contributed by atoms with Crippen LogP contribution in [-0.4, -0.2) is 19.0 Å². The summed E-state index contributed by atoms with van der Waals surface area (Å²) in [6, 6.07) is 14.7. The molecule has 0 spiro atoms. The third-order valence-electron chi connectivity index (χ3n) is 4.99. The number of rotatable bonds is 7. The lowest BCUT2D eigenvalue weighted by atomic mass is 9.79. The van der Waals surface area contributed by atoms with Crippen LogP contribution in [0.15, 0.2) is 58.2 Å². The van der Waals surface area contributed by atoms with E-state index in [4.69, 9.17) is 0 Å². The minimum Gasteiger partial charge on any atom is -0.299 e. The summed E-state index contributed by atoms with van der Waals surface area (Å²) in [5.41, 5.74) is 1.79. The van der Waals surface area contributed by atoms with Gasteiger partial charge < -0.3 is 0 Å². The SMILES string of the molecule is CCn1c(=O)sc2cc(S(=O)(=O)N[C@H](C)CC(C)(C)c3ccccc3)ccc21. The lowest BCUT2D eigenvalue weighted by Gasteiger charge is -2.29. The second-order valence-electron chi connectivity index (χ2n) is 7.72. The van der Waals surface area contributed by atoms with Crippen LogP contribution in [0.4, 0.5) is 0 Å². The Bertz CT molecular complexity index is 1130. The molecule has 0 saturated carbocycles. The first-order valence-corrected chi connectivity index (χ1v) is 11.7. The van der Waals surface area contributed by atoms with Crippen LogP contribution in [0.2, 0.25) is 0 Å². The first-order valence-electron chi connectivity index (χ1n) is 9.35. The van der Waals surface area contributed by atoms with E-state index >= 15 is 0 Å². The summed E-state index contributed by atoms with van der Waals surface area (Å²) in [5, 5.41) is 0. The fourth-order valence-corrected chi connectivity index (χ4v) is 6.00. The van der Waals surface area contributed by atoms with Crippen molar-refractivity contribution in [2.24, 2.45) is 0 Å². The third kappa shape index (κ3) is 4.21. The van der Waals surface area contributed by atoms with Gasteiger partial charge >= 0.3 is 4.87 Å². The molecule has 3 rings (SSSR count). The average Bonchev–Trinajstić information content (AvgIpc) is 2.95. The molecular formula is C21H26N2O3S2. The number of hydrogen-bond donors (Lipinski definition) is 1. The largest absolute Gasteiger partial charge is 0.308 e. The molecule has 0 aliphatic rings. The number of sulfonamides is 1. The molecule has 5 nitrogen and oxygen atoms in total. The lowest BCUT2D eigenvalue weighted by molar-refractivity contribution is 0.418. The summed E-state index contributed by atoms with van der Waals surface area (Å²) >= 11 is 1.07. The van der Waals surface area contributed by atoms with Crippen molar-refractivity contribution >= 4 is 31.6 Å². The Kier molecular flexibility index (Phi) is 5.79. The number of thiazole rings is 1. The molecule has 2 aromatic carbocycles. The molecule has 1 heterocycles. The molecule has 1 atom stereocenters. The highest BCUT2D eigenvalue weighted by Crippen LogP contribution is 2.29. The van der Waals surface area contributed by atoms with Crippen molar-refractivity contribution in [1.29, 1.82) is 0 Å². The summed E-state index contributed by atoms with van der Waals surface area (Å²) in [6.45, 7) is 8.58. The molecule has 0 bridgehead atoms.